The van der Waals surface area contributed by atoms with E-state index < -0.39 is 0 Å². The second kappa shape index (κ2) is 12.0. The number of nitrogen functional groups attached to an aromatic ring is 1. The number of ether oxygens (including phenoxy) is 1. The van der Waals surface area contributed by atoms with Crippen LogP contribution in [0.25, 0.3) is 11.6 Å². The number of pyridine rings is 1. The molecule has 11 nitrogen and oxygen atoms in total. The molecule has 216 valence electrons. The van der Waals surface area contributed by atoms with Gasteiger partial charge in [-0.3, -0.25) is 19.5 Å². The molecule has 0 unspecified atom stereocenters. The van der Waals surface area contributed by atoms with E-state index in [0.717, 1.165) is 50.3 Å². The van der Waals surface area contributed by atoms with Crippen LogP contribution in [0, 0.1) is 13.8 Å². The minimum Gasteiger partial charge on any atom is -0.496 e. The Bertz CT molecular complexity index is 1510. The molecule has 1 saturated heterocycles. The number of nitrogens with zero attached hydrogens (tertiary/aromatic N) is 6. The van der Waals surface area contributed by atoms with E-state index in [1.165, 1.54) is 4.90 Å². The smallest absolute Gasteiger partial charge is 0.260 e. The number of amides is 1. The van der Waals surface area contributed by atoms with E-state index in [1.807, 2.05) is 13.8 Å². The monoisotopic (exact) mass is 578 g/mol. The van der Waals surface area contributed by atoms with Crippen LogP contribution in [0.4, 0.5) is 11.8 Å². The predicted molar refractivity (Wildman–Crippen MR) is 159 cm³/mol. The van der Waals surface area contributed by atoms with Gasteiger partial charge in [0.1, 0.15) is 10.9 Å². The van der Waals surface area contributed by atoms with Gasteiger partial charge >= 0.3 is 0 Å². The lowest BCUT2D eigenvalue weighted by molar-refractivity contribution is -0.113. The molecule has 0 saturated carbocycles. The number of rotatable bonds is 9. The van der Waals surface area contributed by atoms with Crippen molar-refractivity contribution in [2.45, 2.75) is 33.2 Å². The zero-order valence-electron chi connectivity index (χ0n) is 23.8. The molecule has 41 heavy (non-hydrogen) atoms. The highest BCUT2D eigenvalue weighted by Crippen LogP contribution is 2.41. The van der Waals surface area contributed by atoms with Crippen molar-refractivity contribution in [2.75, 3.05) is 57.5 Å². The maximum absolute atomic E-state index is 13.8. The number of piperazine rings is 1. The quantitative estimate of drug-likeness (QED) is 0.223. The topological polar surface area (TPSA) is 134 Å². The SMILES string of the molecule is COc1c(C)cnc(CN2C(=O)/C(=C\c3ccc(C(=O)CCCN4CCN(C)CC4)[nH]3)c3c(Cl)nc(N)nc32)c1C. The van der Waals surface area contributed by atoms with Crippen molar-refractivity contribution in [2.24, 2.45) is 0 Å². The Morgan fingerprint density at radius 2 is 1.95 bits per heavy atom. The Hall–Kier alpha value is -3.80. The van der Waals surface area contributed by atoms with Crippen LogP contribution < -0.4 is 15.4 Å². The van der Waals surface area contributed by atoms with Crippen molar-refractivity contribution in [3.8, 4) is 5.75 Å². The first kappa shape index (κ1) is 28.7. The number of likely N-dealkylation sites (N-methyl/N-ethyl adjacent to an activating group) is 1. The molecule has 0 aliphatic carbocycles. The lowest BCUT2D eigenvalue weighted by atomic mass is 10.1. The summed E-state index contributed by atoms with van der Waals surface area (Å²) < 4.78 is 5.54. The average Bonchev–Trinajstić information content (AvgIpc) is 3.50. The van der Waals surface area contributed by atoms with Crippen molar-refractivity contribution < 1.29 is 14.3 Å². The number of aryl methyl sites for hydroxylation is 1. The summed E-state index contributed by atoms with van der Waals surface area (Å²) in [5.41, 5.74) is 10.1. The molecule has 3 aromatic rings. The number of H-pyrrole nitrogens is 1. The summed E-state index contributed by atoms with van der Waals surface area (Å²) >= 11 is 6.50. The van der Waals surface area contributed by atoms with Gasteiger partial charge in [-0.05, 0) is 52.1 Å². The number of nitrogens with two attached hydrogens (primary N) is 1. The van der Waals surface area contributed by atoms with Crippen LogP contribution in [-0.2, 0) is 11.3 Å². The minimum atomic E-state index is -0.322. The molecule has 0 aromatic carbocycles. The van der Waals surface area contributed by atoms with Crippen LogP contribution in [0.3, 0.4) is 0 Å². The summed E-state index contributed by atoms with van der Waals surface area (Å²) in [6.45, 7) is 9.02. The number of methoxy groups -OCH3 is 1. The number of halogens is 1. The van der Waals surface area contributed by atoms with Gasteiger partial charge in [0.15, 0.2) is 11.6 Å². The Morgan fingerprint density at radius 1 is 1.20 bits per heavy atom. The highest BCUT2D eigenvalue weighted by Gasteiger charge is 2.37. The number of aromatic amines is 1. The number of nitrogens with one attached hydrogen (secondary N) is 1. The van der Waals surface area contributed by atoms with Gasteiger partial charge in [0, 0.05) is 55.6 Å². The molecule has 12 heteroatoms. The fraction of sp³-hybridized carbons (Fsp3) is 0.414. The summed E-state index contributed by atoms with van der Waals surface area (Å²) in [6, 6.07) is 3.52. The van der Waals surface area contributed by atoms with Crippen LogP contribution in [0.15, 0.2) is 18.3 Å². The number of aromatic nitrogens is 4. The molecule has 1 fully saturated rings. The predicted octanol–water partition coefficient (Wildman–Crippen LogP) is 3.36. The molecule has 0 radical (unpaired) electrons. The normalized spacial score (nSPS) is 17.0. The summed E-state index contributed by atoms with van der Waals surface area (Å²) in [4.78, 5) is 49.0. The third-order valence-electron chi connectivity index (χ3n) is 7.70. The third-order valence-corrected chi connectivity index (χ3v) is 7.98. The number of hydrogen-bond acceptors (Lipinski definition) is 9. The van der Waals surface area contributed by atoms with E-state index >= 15 is 0 Å². The van der Waals surface area contributed by atoms with E-state index in [2.05, 4.69) is 36.8 Å². The average molecular weight is 579 g/mol. The van der Waals surface area contributed by atoms with Crippen LogP contribution in [-0.4, -0.2) is 88.3 Å². The van der Waals surface area contributed by atoms with E-state index in [4.69, 9.17) is 22.1 Å². The van der Waals surface area contributed by atoms with Gasteiger partial charge in [0.25, 0.3) is 5.91 Å². The molecule has 0 bridgehead atoms. The number of anilines is 2. The summed E-state index contributed by atoms with van der Waals surface area (Å²) in [7, 11) is 3.73. The molecule has 5 heterocycles. The first-order chi connectivity index (χ1) is 19.7. The summed E-state index contributed by atoms with van der Waals surface area (Å²) in [5.74, 6) is 0.698. The van der Waals surface area contributed by atoms with Crippen LogP contribution >= 0.6 is 11.6 Å². The van der Waals surface area contributed by atoms with Gasteiger partial charge in [-0.1, -0.05) is 11.6 Å². The van der Waals surface area contributed by atoms with E-state index in [0.29, 0.717) is 46.2 Å². The Kier molecular flexibility index (Phi) is 8.39. The van der Waals surface area contributed by atoms with Gasteiger partial charge in [-0.15, -0.1) is 0 Å². The van der Waals surface area contributed by atoms with Gasteiger partial charge in [0.05, 0.1) is 36.2 Å². The number of ketones is 1. The number of fused-ring (bicyclic) bond motifs is 1. The standard InChI is InChI=1S/C29H35ClN8O3/c1-17-15-32-22(18(2)25(17)41-4)16-38-27-24(26(30)34-29(31)35-27)20(28(38)40)14-19-7-8-21(33-19)23(39)6-5-9-37-12-10-36(3)11-13-37/h7-8,14-15,33H,5-6,9-13,16H2,1-4H3,(H2,31,34,35)/b20-14-. The molecule has 0 atom stereocenters. The van der Waals surface area contributed by atoms with E-state index in [1.54, 1.807) is 31.5 Å². The summed E-state index contributed by atoms with van der Waals surface area (Å²) in [5, 5.41) is 0.0764. The largest absolute Gasteiger partial charge is 0.496 e. The van der Waals surface area contributed by atoms with Crippen molar-refractivity contribution in [1.29, 1.82) is 0 Å². The van der Waals surface area contributed by atoms with Crippen molar-refractivity contribution >= 4 is 46.7 Å². The molecule has 3 aromatic heterocycles. The molecule has 1 amide bonds. The number of Topliss-reactive ketones (excluding diaryl/α,β-unsaturated/α-hetero) is 1. The van der Waals surface area contributed by atoms with E-state index in [9.17, 15) is 9.59 Å². The number of carbonyl (C=O) groups is 2. The maximum atomic E-state index is 13.8. The lowest BCUT2D eigenvalue weighted by Crippen LogP contribution is -2.44. The van der Waals surface area contributed by atoms with Gasteiger partial charge in [-0.25, -0.2) is 4.98 Å². The first-order valence-corrected chi connectivity index (χ1v) is 14.0. The zero-order chi connectivity index (χ0) is 29.3. The van der Waals surface area contributed by atoms with Gasteiger partial charge in [-0.2, -0.15) is 4.98 Å². The second-order valence-electron chi connectivity index (χ2n) is 10.6. The van der Waals surface area contributed by atoms with Crippen LogP contribution in [0.1, 0.15) is 51.4 Å². The fourth-order valence-electron chi connectivity index (χ4n) is 5.36. The van der Waals surface area contributed by atoms with Crippen LogP contribution in [0.2, 0.25) is 5.15 Å². The lowest BCUT2D eigenvalue weighted by Gasteiger charge is -2.32. The zero-order valence-corrected chi connectivity index (χ0v) is 24.6. The van der Waals surface area contributed by atoms with E-state index in [-0.39, 0.29) is 29.3 Å². The van der Waals surface area contributed by atoms with Crippen molar-refractivity contribution in [3.63, 3.8) is 0 Å². The Balaban J connectivity index is 1.36. The molecule has 5 rings (SSSR count). The summed E-state index contributed by atoms with van der Waals surface area (Å²) in [6.07, 6.45) is 4.63. The van der Waals surface area contributed by atoms with Crippen molar-refractivity contribution in [3.05, 3.63) is 57.3 Å². The van der Waals surface area contributed by atoms with Crippen molar-refractivity contribution in [1.82, 2.24) is 29.7 Å². The maximum Gasteiger partial charge on any atom is 0.260 e. The number of hydrogen-bond donors (Lipinski definition) is 2. The Labute approximate surface area is 244 Å². The molecule has 3 N–H and O–H groups in total. The highest BCUT2D eigenvalue weighted by atomic mass is 35.5. The molecular formula is C29H35ClN8O3. The minimum absolute atomic E-state index is 0.0348. The van der Waals surface area contributed by atoms with Gasteiger partial charge < -0.3 is 25.3 Å². The Morgan fingerprint density at radius 3 is 2.68 bits per heavy atom. The first-order valence-electron chi connectivity index (χ1n) is 13.7. The van der Waals surface area contributed by atoms with Gasteiger partial charge in [0.2, 0.25) is 5.95 Å². The molecular weight excluding hydrogens is 544 g/mol. The molecule has 2 aliphatic rings. The molecule has 0 spiro atoms. The number of carbonyl (C=O) groups excluding carboxylic acids is 2. The fourth-order valence-corrected chi connectivity index (χ4v) is 5.63. The second-order valence-corrected chi connectivity index (χ2v) is 10.9. The highest BCUT2D eigenvalue weighted by molar-refractivity contribution is 6.41. The molecule has 2 aliphatic heterocycles. The third kappa shape index (κ3) is 5.97. The van der Waals surface area contributed by atoms with Crippen LogP contribution in [0.5, 0.6) is 5.75 Å².